The van der Waals surface area contributed by atoms with E-state index in [9.17, 15) is 4.79 Å². The van der Waals surface area contributed by atoms with Crippen LogP contribution >= 0.6 is 23.1 Å². The monoisotopic (exact) mass is 277 g/mol. The molecule has 2 heterocycles. The van der Waals surface area contributed by atoms with Crippen molar-refractivity contribution in [1.82, 2.24) is 5.32 Å². The van der Waals surface area contributed by atoms with Gasteiger partial charge in [0, 0.05) is 27.3 Å². The first kappa shape index (κ1) is 12.1. The number of carbonyl (C=O) groups excluding carboxylic acids is 1. The van der Waals surface area contributed by atoms with Crippen LogP contribution in [0.5, 0.6) is 0 Å². The van der Waals surface area contributed by atoms with E-state index in [-0.39, 0.29) is 5.91 Å². The number of nitrogens with one attached hydrogen (secondary N) is 1. The summed E-state index contributed by atoms with van der Waals surface area (Å²) in [6.45, 7) is 5.15. The van der Waals surface area contributed by atoms with Gasteiger partial charge in [0.15, 0.2) is 0 Å². The van der Waals surface area contributed by atoms with Crippen LogP contribution in [-0.4, -0.2) is 18.2 Å². The molecule has 0 atom stereocenters. The van der Waals surface area contributed by atoms with Gasteiger partial charge in [0.2, 0.25) is 0 Å². The van der Waals surface area contributed by atoms with Crippen molar-refractivity contribution < 1.29 is 4.79 Å². The Morgan fingerprint density at radius 1 is 1.33 bits per heavy atom. The number of rotatable bonds is 1. The third-order valence-corrected chi connectivity index (χ3v) is 5.58. The molecule has 1 aliphatic rings. The number of carbonyl (C=O) groups is 1. The van der Waals surface area contributed by atoms with Crippen molar-refractivity contribution in [2.24, 2.45) is 0 Å². The third kappa shape index (κ3) is 1.93. The second kappa shape index (κ2) is 4.59. The zero-order valence-corrected chi connectivity index (χ0v) is 12.1. The number of thiophene rings is 1. The molecular formula is C14H15NOS2. The molecule has 18 heavy (non-hydrogen) atoms. The highest BCUT2D eigenvalue weighted by Gasteiger charge is 2.21. The maximum atomic E-state index is 12.0. The van der Waals surface area contributed by atoms with Gasteiger partial charge in [0.25, 0.3) is 5.91 Å². The van der Waals surface area contributed by atoms with Crippen molar-refractivity contribution >= 4 is 39.1 Å². The summed E-state index contributed by atoms with van der Waals surface area (Å²) >= 11 is 3.41. The summed E-state index contributed by atoms with van der Waals surface area (Å²) in [5.74, 6) is 1.57. The maximum Gasteiger partial charge on any atom is 0.262 e. The van der Waals surface area contributed by atoms with E-state index < -0.39 is 0 Å². The van der Waals surface area contributed by atoms with Crippen molar-refractivity contribution in [3.8, 4) is 0 Å². The summed E-state index contributed by atoms with van der Waals surface area (Å²) in [7, 11) is 0. The van der Waals surface area contributed by atoms with Crippen molar-refractivity contribution in [2.75, 3.05) is 12.3 Å². The van der Waals surface area contributed by atoms with E-state index in [0.717, 1.165) is 17.2 Å². The molecule has 0 bridgehead atoms. The van der Waals surface area contributed by atoms with Crippen LogP contribution in [-0.2, 0) is 0 Å². The summed E-state index contributed by atoms with van der Waals surface area (Å²) < 4.78 is 1.23. The Balaban J connectivity index is 2.20. The normalized spacial score (nSPS) is 15.6. The van der Waals surface area contributed by atoms with Gasteiger partial charge in [-0.3, -0.25) is 4.79 Å². The summed E-state index contributed by atoms with van der Waals surface area (Å²) in [6.07, 6.45) is 0. The van der Waals surface area contributed by atoms with E-state index in [1.54, 1.807) is 23.1 Å². The van der Waals surface area contributed by atoms with Gasteiger partial charge in [0.1, 0.15) is 4.88 Å². The Labute approximate surface area is 115 Å². The first-order valence-electron chi connectivity index (χ1n) is 6.14. The number of fused-ring (bicyclic) bond motifs is 3. The molecule has 0 spiro atoms. The second-order valence-corrected chi connectivity index (χ2v) is 6.93. The van der Waals surface area contributed by atoms with E-state index in [4.69, 9.17) is 0 Å². The number of hydrogen-bond acceptors (Lipinski definition) is 3. The van der Waals surface area contributed by atoms with Crippen molar-refractivity contribution in [3.63, 3.8) is 0 Å². The highest BCUT2D eigenvalue weighted by atomic mass is 32.2. The molecule has 2 aromatic rings. The molecule has 4 heteroatoms. The number of benzene rings is 1. The van der Waals surface area contributed by atoms with Crippen molar-refractivity contribution in [1.29, 1.82) is 0 Å². The highest BCUT2D eigenvalue weighted by Crippen LogP contribution is 2.40. The van der Waals surface area contributed by atoms with E-state index in [1.807, 2.05) is 0 Å². The standard InChI is InChI=1S/C14H15NOS2/c1-8(2)9-3-4-10-11(7-9)18-13-12(10)17-6-5-15-14(13)16/h3-4,7-8H,5-6H2,1-2H3,(H,15,16). The predicted octanol–water partition coefficient (Wildman–Crippen LogP) is 3.86. The minimum atomic E-state index is 0.0855. The fourth-order valence-corrected chi connectivity index (χ4v) is 4.53. The van der Waals surface area contributed by atoms with Crippen LogP contribution in [0.3, 0.4) is 0 Å². The lowest BCUT2D eigenvalue weighted by atomic mass is 10.0. The molecule has 1 aliphatic heterocycles. The highest BCUT2D eigenvalue weighted by molar-refractivity contribution is 7.99. The molecular weight excluding hydrogens is 262 g/mol. The van der Waals surface area contributed by atoms with Gasteiger partial charge < -0.3 is 5.32 Å². The molecule has 3 rings (SSSR count). The molecule has 1 aromatic carbocycles. The quantitative estimate of drug-likeness (QED) is 0.857. The smallest absolute Gasteiger partial charge is 0.262 e. The second-order valence-electron chi connectivity index (χ2n) is 4.77. The molecule has 0 aliphatic carbocycles. The number of amides is 1. The first-order valence-corrected chi connectivity index (χ1v) is 7.94. The van der Waals surface area contributed by atoms with Crippen molar-refractivity contribution in [3.05, 3.63) is 28.6 Å². The minimum Gasteiger partial charge on any atom is -0.350 e. The van der Waals surface area contributed by atoms with Crippen LogP contribution in [0, 0.1) is 0 Å². The number of hydrogen-bond donors (Lipinski definition) is 1. The van der Waals surface area contributed by atoms with Crippen LogP contribution in [0.2, 0.25) is 0 Å². The summed E-state index contributed by atoms with van der Waals surface area (Å²) in [5, 5.41) is 4.19. The summed E-state index contributed by atoms with van der Waals surface area (Å²) in [5.41, 5.74) is 1.34. The number of thioether (sulfide) groups is 1. The Morgan fingerprint density at radius 3 is 2.94 bits per heavy atom. The Hall–Kier alpha value is -1.00. The van der Waals surface area contributed by atoms with Gasteiger partial charge >= 0.3 is 0 Å². The molecule has 2 nitrogen and oxygen atoms in total. The molecule has 0 saturated heterocycles. The lowest BCUT2D eigenvalue weighted by Gasteiger charge is -2.05. The fourth-order valence-electron chi connectivity index (χ4n) is 2.14. The van der Waals surface area contributed by atoms with E-state index in [1.165, 1.54) is 20.5 Å². The molecule has 0 radical (unpaired) electrons. The maximum absolute atomic E-state index is 12.0. The van der Waals surface area contributed by atoms with E-state index >= 15 is 0 Å². The minimum absolute atomic E-state index is 0.0855. The van der Waals surface area contributed by atoms with Gasteiger partial charge in [-0.25, -0.2) is 0 Å². The lowest BCUT2D eigenvalue weighted by Crippen LogP contribution is -2.22. The third-order valence-electron chi connectivity index (χ3n) is 3.18. The van der Waals surface area contributed by atoms with E-state index in [0.29, 0.717) is 5.92 Å². The van der Waals surface area contributed by atoms with Gasteiger partial charge in [-0.1, -0.05) is 26.0 Å². The summed E-state index contributed by atoms with van der Waals surface area (Å²) in [4.78, 5) is 14.0. The van der Waals surface area contributed by atoms with E-state index in [2.05, 4.69) is 37.4 Å². The Bertz CT molecular complexity index is 616. The average Bonchev–Trinajstić information content (AvgIpc) is 2.62. The molecule has 0 saturated carbocycles. The van der Waals surface area contributed by atoms with Gasteiger partial charge in [-0.05, 0) is 17.5 Å². The zero-order chi connectivity index (χ0) is 12.7. The topological polar surface area (TPSA) is 29.1 Å². The van der Waals surface area contributed by atoms with Gasteiger partial charge in [-0.2, -0.15) is 0 Å². The van der Waals surface area contributed by atoms with Crippen LogP contribution in [0.4, 0.5) is 0 Å². The molecule has 1 N–H and O–H groups in total. The first-order chi connectivity index (χ1) is 8.66. The summed E-state index contributed by atoms with van der Waals surface area (Å²) in [6, 6.07) is 6.59. The van der Waals surface area contributed by atoms with Gasteiger partial charge in [-0.15, -0.1) is 23.1 Å². The molecule has 1 amide bonds. The van der Waals surface area contributed by atoms with Gasteiger partial charge in [0.05, 0.1) is 0 Å². The fraction of sp³-hybridized carbons (Fsp3) is 0.357. The Kier molecular flexibility index (Phi) is 3.08. The largest absolute Gasteiger partial charge is 0.350 e. The van der Waals surface area contributed by atoms with Crippen molar-refractivity contribution in [2.45, 2.75) is 24.7 Å². The molecule has 94 valence electrons. The van der Waals surface area contributed by atoms with Crippen LogP contribution in [0.25, 0.3) is 10.1 Å². The Morgan fingerprint density at radius 2 is 2.17 bits per heavy atom. The van der Waals surface area contributed by atoms with Crippen LogP contribution in [0.15, 0.2) is 23.1 Å². The SMILES string of the molecule is CC(C)c1ccc2c3c(sc2c1)C(=O)NCCS3. The van der Waals surface area contributed by atoms with Crippen LogP contribution in [0.1, 0.15) is 35.0 Å². The predicted molar refractivity (Wildman–Crippen MR) is 79.0 cm³/mol. The van der Waals surface area contributed by atoms with Crippen LogP contribution < -0.4 is 5.32 Å². The molecule has 1 aromatic heterocycles. The average molecular weight is 277 g/mol. The zero-order valence-electron chi connectivity index (χ0n) is 10.4. The lowest BCUT2D eigenvalue weighted by molar-refractivity contribution is 0.0959. The molecule has 0 unspecified atom stereocenters. The molecule has 0 fully saturated rings.